The number of carbonyl (C=O) groups is 2. The summed E-state index contributed by atoms with van der Waals surface area (Å²) < 4.78 is 0. The number of aliphatic hydroxyl groups excluding tert-OH is 1. The van der Waals surface area contributed by atoms with E-state index in [1.54, 1.807) is 11.8 Å². The van der Waals surface area contributed by atoms with Crippen LogP contribution in [0.1, 0.15) is 16.6 Å². The Labute approximate surface area is 133 Å². The highest BCUT2D eigenvalue weighted by atomic mass is 32.1. The molecule has 0 aliphatic carbocycles. The molecule has 7 heteroatoms. The van der Waals surface area contributed by atoms with Gasteiger partial charge in [-0.2, -0.15) is 0 Å². The molecule has 22 heavy (non-hydrogen) atoms. The molecule has 3 rings (SSSR count). The van der Waals surface area contributed by atoms with Gasteiger partial charge in [0.1, 0.15) is 0 Å². The van der Waals surface area contributed by atoms with Gasteiger partial charge >= 0.3 is 0 Å². The summed E-state index contributed by atoms with van der Waals surface area (Å²) in [5.74, 6) is 0.0973. The number of thiophene rings is 1. The number of piperazine rings is 1. The van der Waals surface area contributed by atoms with Crippen molar-refractivity contribution in [2.24, 2.45) is 0 Å². The van der Waals surface area contributed by atoms with Crippen molar-refractivity contribution >= 4 is 23.2 Å². The fraction of sp³-hybridized carbons (Fsp3) is 0.600. The summed E-state index contributed by atoms with van der Waals surface area (Å²) in [7, 11) is 0. The Hall–Kier alpha value is -1.44. The van der Waals surface area contributed by atoms with Crippen molar-refractivity contribution in [1.82, 2.24) is 14.7 Å². The van der Waals surface area contributed by atoms with Crippen molar-refractivity contribution in [2.75, 3.05) is 39.3 Å². The van der Waals surface area contributed by atoms with Gasteiger partial charge in [-0.1, -0.05) is 6.07 Å². The molecule has 1 aromatic rings. The average Bonchev–Trinajstić information content (AvgIpc) is 3.16. The van der Waals surface area contributed by atoms with Gasteiger partial charge in [-0.25, -0.2) is 0 Å². The molecule has 0 bridgehead atoms. The summed E-state index contributed by atoms with van der Waals surface area (Å²) >= 11 is 1.43. The normalized spacial score (nSPS) is 26.5. The molecule has 2 atom stereocenters. The van der Waals surface area contributed by atoms with Crippen LogP contribution in [0.15, 0.2) is 17.5 Å². The van der Waals surface area contributed by atoms with E-state index < -0.39 is 6.10 Å². The summed E-state index contributed by atoms with van der Waals surface area (Å²) in [5.41, 5.74) is 0. The molecule has 0 saturated carbocycles. The highest BCUT2D eigenvalue weighted by Gasteiger charge is 2.39. The number of β-amino-alcohol motifs (C(OH)–C–C–N with tert-alkyl or cyclic N) is 1. The molecular weight excluding hydrogens is 302 g/mol. The second-order valence-corrected chi connectivity index (χ2v) is 6.81. The topological polar surface area (TPSA) is 64.1 Å². The van der Waals surface area contributed by atoms with E-state index in [1.807, 2.05) is 22.4 Å². The maximum Gasteiger partial charge on any atom is 0.264 e. The predicted octanol–water partition coefficient (Wildman–Crippen LogP) is 0.0975. The third-order valence-corrected chi connectivity index (χ3v) is 5.36. The van der Waals surface area contributed by atoms with Gasteiger partial charge in [-0.15, -0.1) is 11.3 Å². The summed E-state index contributed by atoms with van der Waals surface area (Å²) in [5, 5.41) is 12.2. The fourth-order valence-electron chi connectivity index (χ4n) is 3.22. The largest absolute Gasteiger partial charge is 0.390 e. The number of rotatable bonds is 2. The second-order valence-electron chi connectivity index (χ2n) is 5.86. The molecule has 2 fully saturated rings. The molecule has 3 heterocycles. The summed E-state index contributed by atoms with van der Waals surface area (Å²) in [6.07, 6.45) is -0.521. The molecule has 0 radical (unpaired) electrons. The van der Waals surface area contributed by atoms with Crippen LogP contribution in [0.4, 0.5) is 0 Å². The monoisotopic (exact) mass is 323 g/mol. The number of aliphatic hydroxyl groups is 1. The van der Waals surface area contributed by atoms with Crippen molar-refractivity contribution in [2.45, 2.75) is 19.1 Å². The fourth-order valence-corrected chi connectivity index (χ4v) is 3.91. The summed E-state index contributed by atoms with van der Waals surface area (Å²) in [6.45, 7) is 5.41. The summed E-state index contributed by atoms with van der Waals surface area (Å²) in [6, 6.07) is 3.65. The first kappa shape index (κ1) is 15.5. The number of likely N-dealkylation sites (tertiary alicyclic amines) is 1. The minimum Gasteiger partial charge on any atom is -0.390 e. The van der Waals surface area contributed by atoms with E-state index in [0.29, 0.717) is 31.1 Å². The van der Waals surface area contributed by atoms with Gasteiger partial charge in [0.25, 0.3) is 5.91 Å². The lowest BCUT2D eigenvalue weighted by molar-refractivity contribution is -0.131. The van der Waals surface area contributed by atoms with Gasteiger partial charge in [-0.3, -0.25) is 14.5 Å². The zero-order valence-electron chi connectivity index (χ0n) is 12.6. The van der Waals surface area contributed by atoms with Crippen LogP contribution in [-0.2, 0) is 4.79 Å². The Kier molecular flexibility index (Phi) is 4.46. The molecule has 2 saturated heterocycles. The number of amides is 2. The molecule has 2 amide bonds. The molecule has 6 nitrogen and oxygen atoms in total. The lowest BCUT2D eigenvalue weighted by Gasteiger charge is -2.38. The summed E-state index contributed by atoms with van der Waals surface area (Å²) in [4.78, 5) is 30.2. The lowest BCUT2D eigenvalue weighted by Crippen LogP contribution is -2.54. The molecule has 0 unspecified atom stereocenters. The van der Waals surface area contributed by atoms with E-state index >= 15 is 0 Å². The smallest absolute Gasteiger partial charge is 0.264 e. The minimum absolute atomic E-state index is 0.000998. The van der Waals surface area contributed by atoms with Gasteiger partial charge < -0.3 is 14.9 Å². The molecule has 120 valence electrons. The molecule has 2 aliphatic rings. The van der Waals surface area contributed by atoms with Crippen molar-refractivity contribution in [3.05, 3.63) is 22.4 Å². The van der Waals surface area contributed by atoms with Crippen LogP contribution < -0.4 is 0 Å². The Morgan fingerprint density at radius 2 is 1.91 bits per heavy atom. The van der Waals surface area contributed by atoms with Crippen LogP contribution in [-0.4, -0.2) is 83.0 Å². The van der Waals surface area contributed by atoms with E-state index in [0.717, 1.165) is 13.1 Å². The number of hydrogen-bond acceptors (Lipinski definition) is 5. The van der Waals surface area contributed by atoms with E-state index in [9.17, 15) is 14.7 Å². The van der Waals surface area contributed by atoms with Crippen LogP contribution in [0.25, 0.3) is 0 Å². The SMILES string of the molecule is CC(=O)N1CCN([C@@H]2CN(C(=O)c3cccs3)C[C@H]2O)CC1. The van der Waals surface area contributed by atoms with Gasteiger partial charge in [0, 0.05) is 46.2 Å². The third-order valence-electron chi connectivity index (χ3n) is 4.51. The number of nitrogens with zero attached hydrogens (tertiary/aromatic N) is 3. The van der Waals surface area contributed by atoms with Crippen LogP contribution in [0, 0.1) is 0 Å². The van der Waals surface area contributed by atoms with Crippen LogP contribution >= 0.6 is 11.3 Å². The third kappa shape index (κ3) is 3.02. The zero-order chi connectivity index (χ0) is 15.7. The average molecular weight is 323 g/mol. The number of carbonyl (C=O) groups excluding carboxylic acids is 2. The van der Waals surface area contributed by atoms with Crippen LogP contribution in [0.3, 0.4) is 0 Å². The second kappa shape index (κ2) is 6.36. The first-order valence-corrected chi connectivity index (χ1v) is 8.44. The molecule has 2 aliphatic heterocycles. The van der Waals surface area contributed by atoms with Crippen LogP contribution in [0.5, 0.6) is 0 Å². The van der Waals surface area contributed by atoms with Crippen molar-refractivity contribution < 1.29 is 14.7 Å². The molecule has 1 N–H and O–H groups in total. The van der Waals surface area contributed by atoms with Crippen molar-refractivity contribution in [3.8, 4) is 0 Å². The highest BCUT2D eigenvalue weighted by molar-refractivity contribution is 7.12. The molecule has 0 aromatic carbocycles. The van der Waals surface area contributed by atoms with Gasteiger partial charge in [0.2, 0.25) is 5.91 Å². The first-order chi connectivity index (χ1) is 10.6. The Morgan fingerprint density at radius 3 is 2.50 bits per heavy atom. The van der Waals surface area contributed by atoms with E-state index in [-0.39, 0.29) is 17.9 Å². The quantitative estimate of drug-likeness (QED) is 0.838. The van der Waals surface area contributed by atoms with E-state index in [4.69, 9.17) is 0 Å². The van der Waals surface area contributed by atoms with Crippen molar-refractivity contribution in [3.63, 3.8) is 0 Å². The maximum atomic E-state index is 12.4. The molecule has 0 spiro atoms. The minimum atomic E-state index is -0.521. The Bertz CT molecular complexity index is 540. The van der Waals surface area contributed by atoms with Gasteiger partial charge in [-0.05, 0) is 11.4 Å². The first-order valence-electron chi connectivity index (χ1n) is 7.56. The lowest BCUT2D eigenvalue weighted by atomic mass is 10.1. The molecular formula is C15H21N3O3S. The zero-order valence-corrected chi connectivity index (χ0v) is 13.5. The Morgan fingerprint density at radius 1 is 1.18 bits per heavy atom. The number of hydrogen-bond donors (Lipinski definition) is 1. The van der Waals surface area contributed by atoms with E-state index in [1.165, 1.54) is 11.3 Å². The van der Waals surface area contributed by atoms with Gasteiger partial charge in [0.05, 0.1) is 17.0 Å². The standard InChI is InChI=1S/C15H21N3O3S/c1-11(19)16-4-6-17(7-5-16)12-9-18(10-13(12)20)15(21)14-3-2-8-22-14/h2-3,8,12-13,20H,4-7,9-10H2,1H3/t12-,13-/m1/s1. The van der Waals surface area contributed by atoms with E-state index in [2.05, 4.69) is 4.90 Å². The van der Waals surface area contributed by atoms with Crippen molar-refractivity contribution in [1.29, 1.82) is 0 Å². The van der Waals surface area contributed by atoms with Gasteiger partial charge in [0.15, 0.2) is 0 Å². The highest BCUT2D eigenvalue weighted by Crippen LogP contribution is 2.21. The molecule has 1 aromatic heterocycles. The Balaban J connectivity index is 1.60. The van der Waals surface area contributed by atoms with Crippen LogP contribution in [0.2, 0.25) is 0 Å². The predicted molar refractivity (Wildman–Crippen MR) is 83.8 cm³/mol. The maximum absolute atomic E-state index is 12.4.